The van der Waals surface area contributed by atoms with Crippen molar-refractivity contribution in [2.75, 3.05) is 17.7 Å². The van der Waals surface area contributed by atoms with Gasteiger partial charge in [0.05, 0.1) is 6.20 Å². The van der Waals surface area contributed by atoms with E-state index in [1.165, 1.54) is 22.2 Å². The van der Waals surface area contributed by atoms with Crippen molar-refractivity contribution in [3.05, 3.63) is 46.5 Å². The first kappa shape index (κ1) is 18.9. The number of carbonyl (C=O) groups excluding carboxylic acids is 1. The van der Waals surface area contributed by atoms with E-state index in [2.05, 4.69) is 26.0 Å². The Bertz CT molecular complexity index is 1140. The lowest BCUT2D eigenvalue weighted by molar-refractivity contribution is 0.0446. The van der Waals surface area contributed by atoms with Crippen LogP contribution in [0, 0.1) is 0 Å². The summed E-state index contributed by atoms with van der Waals surface area (Å²) in [5, 5.41) is 13.1. The molecular formula is C19H22FN7O2. The lowest BCUT2D eigenvalue weighted by atomic mass is 9.79. The molecule has 0 saturated heterocycles. The van der Waals surface area contributed by atoms with Gasteiger partial charge in [-0.1, -0.05) is 0 Å². The Morgan fingerprint density at radius 1 is 1.38 bits per heavy atom. The number of aromatic nitrogens is 4. The Morgan fingerprint density at radius 3 is 2.83 bits per heavy atom. The molecular weight excluding hydrogens is 377 g/mol. The Kier molecular flexibility index (Phi) is 4.48. The van der Waals surface area contributed by atoms with Gasteiger partial charge in [-0.2, -0.15) is 9.61 Å². The van der Waals surface area contributed by atoms with Crippen molar-refractivity contribution in [1.29, 1.82) is 0 Å². The van der Waals surface area contributed by atoms with Gasteiger partial charge in [0.2, 0.25) is 0 Å². The molecule has 1 aliphatic rings. The van der Waals surface area contributed by atoms with E-state index >= 15 is 0 Å². The zero-order valence-electron chi connectivity index (χ0n) is 16.4. The van der Waals surface area contributed by atoms with Gasteiger partial charge in [-0.3, -0.25) is 9.59 Å². The third-order valence-electron chi connectivity index (χ3n) is 5.04. The van der Waals surface area contributed by atoms with Gasteiger partial charge in [0, 0.05) is 45.2 Å². The molecule has 0 aromatic carbocycles. The van der Waals surface area contributed by atoms with Gasteiger partial charge in [0.1, 0.15) is 28.6 Å². The fourth-order valence-corrected chi connectivity index (χ4v) is 3.53. The fraction of sp³-hybridized carbons (Fsp3) is 0.368. The summed E-state index contributed by atoms with van der Waals surface area (Å²) < 4.78 is 16.7. The maximum absolute atomic E-state index is 13.7. The third kappa shape index (κ3) is 3.53. The molecule has 3 aromatic rings. The van der Waals surface area contributed by atoms with Gasteiger partial charge < -0.3 is 20.5 Å². The first-order valence-electron chi connectivity index (χ1n) is 9.26. The number of amides is 1. The monoisotopic (exact) mass is 399 g/mol. The van der Waals surface area contributed by atoms with E-state index in [1.54, 1.807) is 38.5 Å². The van der Waals surface area contributed by atoms with Crippen molar-refractivity contribution in [3.63, 3.8) is 0 Å². The summed E-state index contributed by atoms with van der Waals surface area (Å²) in [6.07, 6.45) is 3.66. The number of pyridine rings is 1. The van der Waals surface area contributed by atoms with Gasteiger partial charge in [0.25, 0.3) is 11.5 Å². The molecule has 10 heteroatoms. The van der Waals surface area contributed by atoms with E-state index in [1.807, 2.05) is 0 Å². The first-order valence-corrected chi connectivity index (χ1v) is 9.26. The van der Waals surface area contributed by atoms with Crippen molar-refractivity contribution in [3.8, 4) is 0 Å². The second-order valence-electron chi connectivity index (χ2n) is 7.53. The summed E-state index contributed by atoms with van der Waals surface area (Å²) in [5.74, 6) is 0.617. The topological polar surface area (TPSA) is 105 Å². The molecule has 152 valence electrons. The number of alkyl halides is 1. The van der Waals surface area contributed by atoms with Crippen LogP contribution in [0.3, 0.4) is 0 Å². The Labute approximate surface area is 165 Å². The number of hydrogen-bond acceptors (Lipinski definition) is 6. The fourth-order valence-electron chi connectivity index (χ4n) is 3.53. The number of carbonyl (C=O) groups is 1. The quantitative estimate of drug-likeness (QED) is 0.605. The molecule has 0 spiro atoms. The molecule has 0 unspecified atom stereocenters. The molecule has 1 saturated carbocycles. The normalized spacial score (nSPS) is 20.9. The summed E-state index contributed by atoms with van der Waals surface area (Å²) in [6.45, 7) is 1.53. The highest BCUT2D eigenvalue weighted by atomic mass is 19.1. The largest absolute Gasteiger partial charge is 0.373 e. The van der Waals surface area contributed by atoms with E-state index in [0.717, 1.165) is 0 Å². The van der Waals surface area contributed by atoms with Crippen molar-refractivity contribution >= 4 is 28.9 Å². The van der Waals surface area contributed by atoms with E-state index in [9.17, 15) is 14.0 Å². The molecule has 0 radical (unpaired) electrons. The highest BCUT2D eigenvalue weighted by Crippen LogP contribution is 2.35. The standard InChI is InChI=1S/C19H22FN7O2/c1-19(20)8-11(9-19)23-17(28)12-10-22-27-15(21-2)7-14(25-16(12)27)24-13-5-4-6-26(3)18(13)29/h4-7,10-11,21H,8-9H2,1-3H3,(H,23,28)(H,24,25). The zero-order chi connectivity index (χ0) is 20.8. The second kappa shape index (κ2) is 6.87. The molecule has 3 N–H and O–H groups in total. The maximum Gasteiger partial charge on any atom is 0.274 e. The number of nitrogens with one attached hydrogen (secondary N) is 3. The Hall–Kier alpha value is -3.43. The molecule has 0 bridgehead atoms. The number of rotatable bonds is 5. The van der Waals surface area contributed by atoms with Gasteiger partial charge in [0.15, 0.2) is 5.65 Å². The summed E-state index contributed by atoms with van der Waals surface area (Å²) in [5.41, 5.74) is -0.470. The number of aryl methyl sites for hydroxylation is 1. The van der Waals surface area contributed by atoms with E-state index in [4.69, 9.17) is 0 Å². The molecule has 4 rings (SSSR count). The number of nitrogens with zero attached hydrogens (tertiary/aromatic N) is 4. The lowest BCUT2D eigenvalue weighted by Crippen LogP contribution is -2.51. The summed E-state index contributed by atoms with van der Waals surface area (Å²) in [6, 6.07) is 4.89. The lowest BCUT2D eigenvalue weighted by Gasteiger charge is -2.38. The summed E-state index contributed by atoms with van der Waals surface area (Å²) >= 11 is 0. The van der Waals surface area contributed by atoms with Crippen molar-refractivity contribution in [2.24, 2.45) is 7.05 Å². The maximum atomic E-state index is 13.7. The van der Waals surface area contributed by atoms with Gasteiger partial charge in [-0.05, 0) is 19.1 Å². The van der Waals surface area contributed by atoms with Crippen LogP contribution >= 0.6 is 0 Å². The van der Waals surface area contributed by atoms with Crippen LogP contribution in [0.2, 0.25) is 0 Å². The number of anilines is 3. The van der Waals surface area contributed by atoms with Crippen LogP contribution in [0.25, 0.3) is 5.65 Å². The van der Waals surface area contributed by atoms with Crippen LogP contribution in [0.1, 0.15) is 30.1 Å². The molecule has 1 aliphatic carbocycles. The summed E-state index contributed by atoms with van der Waals surface area (Å²) in [4.78, 5) is 29.4. The first-order chi connectivity index (χ1) is 13.8. The predicted octanol–water partition coefficient (Wildman–Crippen LogP) is 1.83. The zero-order valence-corrected chi connectivity index (χ0v) is 16.4. The van der Waals surface area contributed by atoms with E-state index in [-0.39, 0.29) is 35.9 Å². The number of fused-ring (bicyclic) bond motifs is 1. The third-order valence-corrected chi connectivity index (χ3v) is 5.04. The number of hydrogen-bond donors (Lipinski definition) is 3. The molecule has 3 heterocycles. The van der Waals surface area contributed by atoms with Crippen LogP contribution in [-0.4, -0.2) is 43.8 Å². The van der Waals surface area contributed by atoms with Gasteiger partial charge >= 0.3 is 0 Å². The van der Waals surface area contributed by atoms with Crippen molar-refractivity contribution in [1.82, 2.24) is 24.5 Å². The minimum atomic E-state index is -1.23. The van der Waals surface area contributed by atoms with Gasteiger partial charge in [-0.25, -0.2) is 9.37 Å². The molecule has 0 aliphatic heterocycles. The van der Waals surface area contributed by atoms with Crippen molar-refractivity contribution < 1.29 is 9.18 Å². The van der Waals surface area contributed by atoms with E-state index < -0.39 is 5.67 Å². The molecule has 29 heavy (non-hydrogen) atoms. The minimum absolute atomic E-state index is 0.203. The van der Waals surface area contributed by atoms with Crippen LogP contribution < -0.4 is 21.5 Å². The van der Waals surface area contributed by atoms with Crippen LogP contribution in [0.4, 0.5) is 21.7 Å². The van der Waals surface area contributed by atoms with Crippen molar-refractivity contribution in [2.45, 2.75) is 31.5 Å². The molecule has 9 nitrogen and oxygen atoms in total. The smallest absolute Gasteiger partial charge is 0.274 e. The van der Waals surface area contributed by atoms with Crippen LogP contribution in [0.15, 0.2) is 35.4 Å². The average Bonchev–Trinajstić information content (AvgIpc) is 3.07. The molecule has 3 aromatic heterocycles. The predicted molar refractivity (Wildman–Crippen MR) is 108 cm³/mol. The molecule has 1 amide bonds. The van der Waals surface area contributed by atoms with Crippen LogP contribution in [-0.2, 0) is 7.05 Å². The minimum Gasteiger partial charge on any atom is -0.373 e. The Balaban J connectivity index is 1.67. The number of halogens is 1. The summed E-state index contributed by atoms with van der Waals surface area (Å²) in [7, 11) is 3.38. The highest BCUT2D eigenvalue weighted by Gasteiger charge is 2.41. The van der Waals surface area contributed by atoms with E-state index in [0.29, 0.717) is 23.0 Å². The van der Waals surface area contributed by atoms with Gasteiger partial charge in [-0.15, -0.1) is 0 Å². The average molecular weight is 399 g/mol. The molecule has 1 fully saturated rings. The Morgan fingerprint density at radius 2 is 2.14 bits per heavy atom. The highest BCUT2D eigenvalue weighted by molar-refractivity contribution is 6.00. The SMILES string of the molecule is CNc1cc(Nc2cccn(C)c2=O)nc2c(C(=O)NC3CC(C)(F)C3)cnn12. The molecule has 0 atom stereocenters. The second-order valence-corrected chi connectivity index (χ2v) is 7.53. The van der Waals surface area contributed by atoms with Crippen LogP contribution in [0.5, 0.6) is 0 Å².